The molecule has 1 aliphatic carbocycles. The summed E-state index contributed by atoms with van der Waals surface area (Å²) in [6.07, 6.45) is 7.22. The minimum absolute atomic E-state index is 0.272. The molecule has 0 aromatic carbocycles. The van der Waals surface area contributed by atoms with Crippen molar-refractivity contribution in [2.45, 2.75) is 31.4 Å². The number of hydrogen-bond donors (Lipinski definition) is 2. The molecule has 96 valence electrons. The zero-order chi connectivity index (χ0) is 12.5. The summed E-state index contributed by atoms with van der Waals surface area (Å²) in [5.41, 5.74) is 6.04. The van der Waals surface area contributed by atoms with Crippen LogP contribution in [0.1, 0.15) is 25.0 Å². The second-order valence-corrected chi connectivity index (χ2v) is 5.30. The second-order valence-electron chi connectivity index (χ2n) is 4.86. The van der Waals surface area contributed by atoms with Crippen molar-refractivity contribution in [1.29, 1.82) is 0 Å². The van der Waals surface area contributed by atoms with Gasteiger partial charge in [-0.1, -0.05) is 12.2 Å². The first-order chi connectivity index (χ1) is 8.74. The lowest BCUT2D eigenvalue weighted by molar-refractivity contribution is 0.0898. The van der Waals surface area contributed by atoms with Gasteiger partial charge in [0.2, 0.25) is 0 Å². The molecular weight excluding hydrogens is 248 g/mol. The van der Waals surface area contributed by atoms with Gasteiger partial charge in [0.05, 0.1) is 24.5 Å². The van der Waals surface area contributed by atoms with Crippen LogP contribution in [0.4, 0.5) is 5.82 Å². The average molecular weight is 264 g/mol. The molecule has 2 aliphatic rings. The summed E-state index contributed by atoms with van der Waals surface area (Å²) in [5, 5.41) is 3.40. The summed E-state index contributed by atoms with van der Waals surface area (Å²) in [6, 6.07) is 0.350. The highest BCUT2D eigenvalue weighted by atomic mass is 32.1. The standard InChI is InChI=1S/C12H16N4OS/c13-12(18)9-5-15-10(6-14-9)16-8-3-4-17-11(8)7-1-2-7/h5-8,11H,1-4H2,(H2,13,18)(H,15,16). The third-order valence-corrected chi connectivity index (χ3v) is 3.67. The first-order valence-electron chi connectivity index (χ1n) is 6.24. The molecule has 1 aromatic heterocycles. The molecule has 3 N–H and O–H groups in total. The molecule has 1 aliphatic heterocycles. The monoisotopic (exact) mass is 264 g/mol. The summed E-state index contributed by atoms with van der Waals surface area (Å²) >= 11 is 4.84. The van der Waals surface area contributed by atoms with Crippen molar-refractivity contribution in [2.24, 2.45) is 11.7 Å². The van der Waals surface area contributed by atoms with E-state index in [-0.39, 0.29) is 4.99 Å². The number of nitrogens with zero attached hydrogens (tertiary/aromatic N) is 2. The van der Waals surface area contributed by atoms with Crippen molar-refractivity contribution in [1.82, 2.24) is 9.97 Å². The molecule has 1 saturated carbocycles. The van der Waals surface area contributed by atoms with E-state index in [0.717, 1.165) is 24.8 Å². The zero-order valence-electron chi connectivity index (χ0n) is 10.0. The maximum absolute atomic E-state index is 5.77. The van der Waals surface area contributed by atoms with E-state index in [1.165, 1.54) is 12.8 Å². The number of hydrogen-bond acceptors (Lipinski definition) is 5. The summed E-state index contributed by atoms with van der Waals surface area (Å²) < 4.78 is 5.77. The Hall–Kier alpha value is -1.27. The van der Waals surface area contributed by atoms with Crippen LogP contribution in [-0.4, -0.2) is 33.7 Å². The van der Waals surface area contributed by atoms with Crippen molar-refractivity contribution >= 4 is 23.0 Å². The Morgan fingerprint density at radius 3 is 2.78 bits per heavy atom. The summed E-state index contributed by atoms with van der Waals surface area (Å²) in [4.78, 5) is 8.73. The van der Waals surface area contributed by atoms with Gasteiger partial charge in [-0.05, 0) is 25.2 Å². The normalized spacial score (nSPS) is 27.1. The highest BCUT2D eigenvalue weighted by Gasteiger charge is 2.40. The van der Waals surface area contributed by atoms with Gasteiger partial charge >= 0.3 is 0 Å². The molecule has 3 rings (SSSR count). The Labute approximate surface area is 111 Å². The highest BCUT2D eigenvalue weighted by Crippen LogP contribution is 2.39. The maximum atomic E-state index is 5.77. The molecule has 0 amide bonds. The number of rotatable bonds is 4. The van der Waals surface area contributed by atoms with Crippen LogP contribution in [0.3, 0.4) is 0 Å². The molecule has 2 atom stereocenters. The lowest BCUT2D eigenvalue weighted by atomic mass is 10.1. The predicted molar refractivity (Wildman–Crippen MR) is 72.4 cm³/mol. The van der Waals surface area contributed by atoms with E-state index in [2.05, 4.69) is 15.3 Å². The lowest BCUT2D eigenvalue weighted by Gasteiger charge is -2.19. The molecule has 1 saturated heterocycles. The quantitative estimate of drug-likeness (QED) is 0.793. The first kappa shape index (κ1) is 11.8. The number of nitrogens with two attached hydrogens (primary N) is 1. The molecule has 2 unspecified atom stereocenters. The van der Waals surface area contributed by atoms with Crippen molar-refractivity contribution in [3.63, 3.8) is 0 Å². The summed E-state index contributed by atoms with van der Waals surface area (Å²) in [5.74, 6) is 1.49. The van der Waals surface area contributed by atoms with E-state index in [9.17, 15) is 0 Å². The minimum Gasteiger partial charge on any atom is -0.388 e. The molecule has 6 heteroatoms. The van der Waals surface area contributed by atoms with Gasteiger partial charge in [0.15, 0.2) is 0 Å². The SMILES string of the molecule is NC(=S)c1cnc(NC2CCOC2C2CC2)cn1. The number of ether oxygens (including phenoxy) is 1. The van der Waals surface area contributed by atoms with Crippen molar-refractivity contribution in [2.75, 3.05) is 11.9 Å². The van der Waals surface area contributed by atoms with Crippen LogP contribution < -0.4 is 11.1 Å². The van der Waals surface area contributed by atoms with Crippen LogP contribution in [0.25, 0.3) is 0 Å². The van der Waals surface area contributed by atoms with Crippen LogP contribution in [0, 0.1) is 5.92 Å². The average Bonchev–Trinajstić information content (AvgIpc) is 3.11. The van der Waals surface area contributed by atoms with Crippen LogP contribution in [0.2, 0.25) is 0 Å². The van der Waals surface area contributed by atoms with Gasteiger partial charge in [0.1, 0.15) is 16.5 Å². The van der Waals surface area contributed by atoms with Crippen LogP contribution >= 0.6 is 12.2 Å². The second kappa shape index (κ2) is 4.78. The lowest BCUT2D eigenvalue weighted by Crippen LogP contribution is -2.31. The van der Waals surface area contributed by atoms with Crippen LogP contribution in [-0.2, 0) is 4.74 Å². The maximum Gasteiger partial charge on any atom is 0.144 e. The van der Waals surface area contributed by atoms with Crippen molar-refractivity contribution in [3.05, 3.63) is 18.1 Å². The highest BCUT2D eigenvalue weighted by molar-refractivity contribution is 7.80. The number of aromatic nitrogens is 2. The van der Waals surface area contributed by atoms with E-state index >= 15 is 0 Å². The topological polar surface area (TPSA) is 73.1 Å². The Morgan fingerprint density at radius 2 is 2.17 bits per heavy atom. The van der Waals surface area contributed by atoms with Crippen molar-refractivity contribution in [3.8, 4) is 0 Å². The molecule has 0 radical (unpaired) electrons. The number of nitrogens with one attached hydrogen (secondary N) is 1. The van der Waals surface area contributed by atoms with Gasteiger partial charge in [0.25, 0.3) is 0 Å². The minimum atomic E-state index is 0.272. The third kappa shape index (κ3) is 2.44. The fraction of sp³-hybridized carbons (Fsp3) is 0.583. The fourth-order valence-electron chi connectivity index (χ4n) is 2.37. The van der Waals surface area contributed by atoms with Gasteiger partial charge in [-0.3, -0.25) is 0 Å². The van der Waals surface area contributed by atoms with Gasteiger partial charge < -0.3 is 15.8 Å². The Balaban J connectivity index is 1.66. The third-order valence-electron chi connectivity index (χ3n) is 3.46. The predicted octanol–water partition coefficient (Wildman–Crippen LogP) is 1.09. The fourth-order valence-corrected chi connectivity index (χ4v) is 2.48. The number of thiocarbonyl (C=S) groups is 1. The number of anilines is 1. The van der Waals surface area contributed by atoms with E-state index in [1.54, 1.807) is 12.4 Å². The summed E-state index contributed by atoms with van der Waals surface area (Å²) in [7, 11) is 0. The van der Waals surface area contributed by atoms with Crippen LogP contribution in [0.15, 0.2) is 12.4 Å². The molecule has 0 bridgehead atoms. The zero-order valence-corrected chi connectivity index (χ0v) is 10.8. The van der Waals surface area contributed by atoms with Crippen LogP contribution in [0.5, 0.6) is 0 Å². The van der Waals surface area contributed by atoms with E-state index in [0.29, 0.717) is 17.8 Å². The van der Waals surface area contributed by atoms with Gasteiger partial charge in [0, 0.05) is 6.61 Å². The first-order valence-corrected chi connectivity index (χ1v) is 6.65. The van der Waals surface area contributed by atoms with E-state index in [1.807, 2.05) is 0 Å². The van der Waals surface area contributed by atoms with Gasteiger partial charge in [-0.25, -0.2) is 9.97 Å². The summed E-state index contributed by atoms with van der Waals surface area (Å²) in [6.45, 7) is 0.831. The van der Waals surface area contributed by atoms with Gasteiger partial charge in [-0.2, -0.15) is 0 Å². The van der Waals surface area contributed by atoms with E-state index < -0.39 is 0 Å². The molecule has 0 spiro atoms. The van der Waals surface area contributed by atoms with Crippen molar-refractivity contribution < 1.29 is 4.74 Å². The molecule has 1 aromatic rings. The molecule has 2 fully saturated rings. The Morgan fingerprint density at radius 1 is 1.33 bits per heavy atom. The largest absolute Gasteiger partial charge is 0.388 e. The Kier molecular flexibility index (Phi) is 3.13. The van der Waals surface area contributed by atoms with E-state index in [4.69, 9.17) is 22.7 Å². The molecular formula is C12H16N4OS. The smallest absolute Gasteiger partial charge is 0.144 e. The molecule has 18 heavy (non-hydrogen) atoms. The molecule has 5 nitrogen and oxygen atoms in total. The van der Waals surface area contributed by atoms with Gasteiger partial charge in [-0.15, -0.1) is 0 Å². The molecule has 2 heterocycles. The Bertz CT molecular complexity index is 446.